The summed E-state index contributed by atoms with van der Waals surface area (Å²) < 4.78 is 5.12. The molecule has 98 heavy (non-hydrogen) atoms. The van der Waals surface area contributed by atoms with Gasteiger partial charge >= 0.3 is 0 Å². The molecule has 0 aliphatic rings. The van der Waals surface area contributed by atoms with Crippen LogP contribution in [0.1, 0.15) is 41.8 Å². The van der Waals surface area contributed by atoms with Crippen LogP contribution in [-0.2, 0) is 0 Å². The molecule has 0 fully saturated rings. The Kier molecular flexibility index (Phi) is 16.8. The zero-order chi connectivity index (χ0) is 66.7. The maximum atomic E-state index is 5.17. The summed E-state index contributed by atoms with van der Waals surface area (Å²) in [5.41, 5.74) is 24.9. The van der Waals surface area contributed by atoms with Crippen molar-refractivity contribution in [3.63, 3.8) is 0 Å². The average molecular weight is 1380 g/mol. The van der Waals surface area contributed by atoms with Gasteiger partial charge in [-0.1, -0.05) is 132 Å². The van der Waals surface area contributed by atoms with Gasteiger partial charge in [-0.05, 0) is 187 Å². The second-order valence-corrected chi connectivity index (χ2v) is 32.1. The summed E-state index contributed by atoms with van der Waals surface area (Å²) in [5.74, 6) is 0. The number of nitrogens with one attached hydrogen (secondary N) is 4. The third kappa shape index (κ3) is 11.9. The van der Waals surface area contributed by atoms with Crippen molar-refractivity contribution in [3.8, 4) is 30.6 Å². The first-order chi connectivity index (χ1) is 47.8. The van der Waals surface area contributed by atoms with Crippen molar-refractivity contribution in [2.24, 2.45) is 20.4 Å². The van der Waals surface area contributed by atoms with Crippen molar-refractivity contribution >= 4 is 174 Å². The van der Waals surface area contributed by atoms with E-state index in [1.165, 1.54) is 156 Å². The van der Waals surface area contributed by atoms with E-state index in [-0.39, 0.29) is 0 Å². The van der Waals surface area contributed by atoms with Crippen LogP contribution in [0.25, 0.3) is 114 Å². The molecule has 14 heteroatoms. The van der Waals surface area contributed by atoms with E-state index in [4.69, 9.17) is 20.4 Å². The predicted octanol–water partition coefficient (Wildman–Crippen LogP) is 23.6. The number of hydrogen-bond acceptors (Lipinski definition) is 14. The average Bonchev–Trinajstić information content (AvgIpc) is 1.54. The van der Waals surface area contributed by atoms with Crippen molar-refractivity contribution in [1.82, 2.24) is 0 Å². The number of nitrogens with zero attached hydrogens (tertiary/aromatic N) is 4. The van der Waals surface area contributed by atoms with Gasteiger partial charge in [-0.25, -0.2) is 0 Å². The van der Waals surface area contributed by atoms with Crippen molar-refractivity contribution in [1.29, 1.82) is 0 Å². The number of benzene rings is 8. The number of aryl methyl sites for hydroxylation is 8. The van der Waals surface area contributed by atoms with Crippen molar-refractivity contribution in [2.45, 2.75) is 55.4 Å². The molecule has 478 valence electrons. The minimum Gasteiger partial charge on any atom is -0.278 e. The van der Waals surface area contributed by atoms with Crippen molar-refractivity contribution in [2.75, 3.05) is 21.7 Å². The molecule has 0 spiro atoms. The Hall–Kier alpha value is -10.2. The van der Waals surface area contributed by atoms with E-state index in [0.29, 0.717) is 0 Å². The fourth-order valence-corrected chi connectivity index (χ4v) is 19.7. The second kappa shape index (κ2) is 26.3. The molecule has 0 saturated heterocycles. The van der Waals surface area contributed by atoms with Gasteiger partial charge in [0.2, 0.25) is 0 Å². The van der Waals surface area contributed by atoms with Gasteiger partial charge in [-0.2, -0.15) is 20.4 Å². The first-order valence-electron chi connectivity index (χ1n) is 32.6. The lowest BCUT2D eigenvalue weighted by atomic mass is 9.98. The van der Waals surface area contributed by atoms with E-state index >= 15 is 0 Å². The molecule has 6 heterocycles. The minimum atomic E-state index is 0.967. The van der Waals surface area contributed by atoms with Crippen LogP contribution in [0.15, 0.2) is 251 Å². The van der Waals surface area contributed by atoms with E-state index in [1.54, 1.807) is 0 Å². The first kappa shape index (κ1) is 62.6. The highest BCUT2D eigenvalue weighted by molar-refractivity contribution is 7.28. The monoisotopic (exact) mass is 1380 g/mol. The van der Waals surface area contributed by atoms with Crippen molar-refractivity contribution in [3.05, 3.63) is 294 Å². The van der Waals surface area contributed by atoms with Gasteiger partial charge in [-0.15, -0.1) is 68.0 Å². The topological polar surface area (TPSA) is 97.6 Å². The highest BCUT2D eigenvalue weighted by atomic mass is 32.1. The van der Waals surface area contributed by atoms with Gasteiger partial charge in [0.1, 0.15) is 10.7 Å². The smallest absolute Gasteiger partial charge is 0.100 e. The van der Waals surface area contributed by atoms with Crippen molar-refractivity contribution < 1.29 is 0 Å². The lowest BCUT2D eigenvalue weighted by Gasteiger charge is -2.07. The third-order valence-electron chi connectivity index (χ3n) is 17.9. The number of rotatable bonds is 11. The van der Waals surface area contributed by atoms with Gasteiger partial charge in [0.15, 0.2) is 0 Å². The highest BCUT2D eigenvalue weighted by Gasteiger charge is 2.25. The van der Waals surface area contributed by atoms with Crippen LogP contribution in [-0.4, -0.2) is 0 Å². The molecule has 12 aromatic carbocycles. The molecule has 0 unspecified atom stereocenters. The molecule has 8 nitrogen and oxygen atoms in total. The second-order valence-electron chi connectivity index (χ2n) is 24.9. The van der Waals surface area contributed by atoms with Crippen LogP contribution in [0.5, 0.6) is 0 Å². The molecule has 0 saturated carbocycles. The third-order valence-corrected chi connectivity index (χ3v) is 24.7. The summed E-state index contributed by atoms with van der Waals surface area (Å²) in [4.78, 5) is 10.4. The fourth-order valence-electron chi connectivity index (χ4n) is 13.3. The fraction of sp³-hybridized carbons (Fsp3) is 0.0952. The lowest BCUT2D eigenvalue weighted by Crippen LogP contribution is -2.07. The van der Waals surface area contributed by atoms with E-state index in [2.05, 4.69) is 211 Å². The molecule has 0 bridgehead atoms. The number of hydrogen-bond donors (Lipinski definition) is 4. The molecule has 4 N–H and O–H groups in total. The molecule has 18 rings (SSSR count). The van der Waals surface area contributed by atoms with Crippen LogP contribution in [0.2, 0.25) is 0 Å². The zero-order valence-electron chi connectivity index (χ0n) is 55.2. The number of thiophene rings is 6. The van der Waals surface area contributed by atoms with Gasteiger partial charge in [0.25, 0.3) is 0 Å². The molecule has 0 radical (unpaired) electrons. The SMILES string of the molecule is Cc1cc2/c(=N\Nc3ccccc3)c3cc4c(cc3c2s1)/c(=N/Nc1ccccc1)c1cc(C)sc14.Cc1ccc(-c2ccc(-c3cc4/c(=N\Nc5ccccc5)c5c(C)c6c(c(C)c5c4s3)/c(=N/Nc3ccccc3)c3cc(C)sc36)s2)cc1.Cc1ccc(-c2ccc(C)s2)cc1. The van der Waals surface area contributed by atoms with E-state index < -0.39 is 0 Å². The Labute approximate surface area is 591 Å². The zero-order valence-corrected chi connectivity index (χ0v) is 60.1. The summed E-state index contributed by atoms with van der Waals surface area (Å²) in [7, 11) is 0. The Morgan fingerprint density at radius 2 is 0.582 bits per heavy atom. The molecule has 0 atom stereocenters. The highest BCUT2D eigenvalue weighted by Crippen LogP contribution is 2.47. The van der Waals surface area contributed by atoms with Crippen LogP contribution in [0.3, 0.4) is 0 Å². The first-order valence-corrected chi connectivity index (χ1v) is 37.5. The largest absolute Gasteiger partial charge is 0.278 e. The summed E-state index contributed by atoms with van der Waals surface area (Å²) in [6.45, 7) is 17.4. The standard InChI is InChI=1S/C42H32N4S3.C30H22N4S2.C12H12S/c1-23-15-17-27(18-16-23)32-19-20-33(48-32)34-22-31-40(46-44-29-13-9-6-10-14-29)36-25(3)37-35(26(4)38(36)42(31)49-34)39(30-21-24(2)47-41(30)37)45-43-28-11-7-5-8-12-28;1-17-13-25-27(33-31-19-9-5-3-6-10-19)21-16-24-22(15-23(21)29(25)35-17)28(26-14-18(2)36-30(24)26)34-32-20-11-7-4-8-12-20;1-9-3-6-11(7-4-9)12-8-5-10(2)13-12/h5-22,43-44H,1-4H3;3-16,31-32H,1-2H3;3-8H,1-2H3/b45-39+,46-40+;33-27-,34-28-;. The van der Waals surface area contributed by atoms with Crippen LogP contribution in [0, 0.1) is 55.4 Å². The Morgan fingerprint density at radius 1 is 0.235 bits per heavy atom. The number of anilines is 4. The molecular weight excluding hydrogens is 1310 g/mol. The Balaban J connectivity index is 0.000000133. The van der Waals surface area contributed by atoms with Crippen LogP contribution >= 0.6 is 68.0 Å². The van der Waals surface area contributed by atoms with Gasteiger partial charge in [0, 0.05) is 122 Å². The summed E-state index contributed by atoms with van der Waals surface area (Å²) in [6, 6.07) is 80.8. The lowest BCUT2D eigenvalue weighted by molar-refractivity contribution is 1.25. The van der Waals surface area contributed by atoms with Gasteiger partial charge in [-0.3, -0.25) is 21.7 Å². The summed E-state index contributed by atoms with van der Waals surface area (Å²) >= 11 is 11.1. The Bertz CT molecular complexity index is 6100. The maximum absolute atomic E-state index is 5.17. The van der Waals surface area contributed by atoms with E-state index in [0.717, 1.165) is 44.2 Å². The normalized spacial score (nSPS) is 12.5. The van der Waals surface area contributed by atoms with Crippen LogP contribution in [0.4, 0.5) is 22.7 Å². The number of para-hydroxylation sites is 4. The molecule has 0 amide bonds. The van der Waals surface area contributed by atoms with Gasteiger partial charge in [0.05, 0.1) is 33.5 Å². The van der Waals surface area contributed by atoms with E-state index in [9.17, 15) is 0 Å². The maximum Gasteiger partial charge on any atom is 0.100 e. The summed E-state index contributed by atoms with van der Waals surface area (Å²) in [5, 5.41) is 38.6. The predicted molar refractivity (Wildman–Crippen MR) is 428 cm³/mol. The molecule has 0 aliphatic heterocycles. The molecule has 6 aromatic heterocycles. The van der Waals surface area contributed by atoms with Gasteiger partial charge < -0.3 is 0 Å². The minimum absolute atomic E-state index is 0.967. The Morgan fingerprint density at radius 3 is 0.990 bits per heavy atom. The number of fused-ring (bicyclic) bond motifs is 12. The molecule has 0 aliphatic carbocycles. The molecule has 18 aromatic rings. The quantitative estimate of drug-likeness (QED) is 0.0970. The van der Waals surface area contributed by atoms with E-state index in [1.807, 2.05) is 165 Å². The molecular formula is C84H66N8S6. The summed E-state index contributed by atoms with van der Waals surface area (Å²) in [6.07, 6.45) is 0. The van der Waals surface area contributed by atoms with Crippen LogP contribution < -0.4 is 43.1 Å².